The topological polar surface area (TPSA) is 81.4 Å². The first kappa shape index (κ1) is 16.7. The summed E-state index contributed by atoms with van der Waals surface area (Å²) in [5.41, 5.74) is 0.659. The molecule has 0 saturated heterocycles. The van der Waals surface area contributed by atoms with E-state index in [2.05, 4.69) is 20.6 Å². The Labute approximate surface area is 141 Å². The predicted molar refractivity (Wildman–Crippen MR) is 89.9 cm³/mol. The van der Waals surface area contributed by atoms with Crippen LogP contribution in [0.15, 0.2) is 12.1 Å². The number of hydrogen-bond donors (Lipinski definition) is 1. The average Bonchev–Trinajstić information content (AvgIpc) is 2.97. The molecule has 0 spiro atoms. The molecule has 2 aromatic rings. The molecule has 1 fully saturated rings. The minimum atomic E-state index is 0.0835. The summed E-state index contributed by atoms with van der Waals surface area (Å²) < 4.78 is 6.77. The molecule has 1 saturated carbocycles. The Morgan fingerprint density at radius 2 is 1.96 bits per heavy atom. The number of hydrogen-bond acceptors (Lipinski definition) is 5. The number of rotatable bonds is 5. The van der Waals surface area contributed by atoms with Gasteiger partial charge in [0.05, 0.1) is 7.11 Å². The van der Waals surface area contributed by atoms with Crippen molar-refractivity contribution in [1.82, 2.24) is 25.1 Å². The van der Waals surface area contributed by atoms with Crippen LogP contribution in [0.2, 0.25) is 0 Å². The zero-order valence-electron chi connectivity index (χ0n) is 14.2. The summed E-state index contributed by atoms with van der Waals surface area (Å²) in [7, 11) is 1.57. The number of nitrogens with zero attached hydrogens (tertiary/aromatic N) is 4. The van der Waals surface area contributed by atoms with Gasteiger partial charge in [-0.2, -0.15) is 4.52 Å². The Kier molecular flexibility index (Phi) is 5.61. The van der Waals surface area contributed by atoms with Crippen LogP contribution in [0.5, 0.6) is 5.88 Å². The van der Waals surface area contributed by atoms with Crippen molar-refractivity contribution in [3.8, 4) is 5.88 Å². The van der Waals surface area contributed by atoms with Crippen molar-refractivity contribution < 1.29 is 9.53 Å². The molecule has 2 aromatic heterocycles. The van der Waals surface area contributed by atoms with Crippen LogP contribution in [0.3, 0.4) is 0 Å². The second kappa shape index (κ2) is 8.08. The van der Waals surface area contributed by atoms with Crippen LogP contribution in [-0.4, -0.2) is 38.9 Å². The first-order chi connectivity index (χ1) is 11.8. The van der Waals surface area contributed by atoms with Crippen LogP contribution < -0.4 is 10.1 Å². The quantitative estimate of drug-likeness (QED) is 0.909. The average molecular weight is 331 g/mol. The van der Waals surface area contributed by atoms with E-state index < -0.39 is 0 Å². The summed E-state index contributed by atoms with van der Waals surface area (Å²) in [5.74, 6) is 1.26. The van der Waals surface area contributed by atoms with Gasteiger partial charge in [0, 0.05) is 24.9 Å². The van der Waals surface area contributed by atoms with Gasteiger partial charge in [0.2, 0.25) is 11.8 Å². The minimum absolute atomic E-state index is 0.0835. The first-order valence-electron chi connectivity index (χ1n) is 8.81. The summed E-state index contributed by atoms with van der Waals surface area (Å²) in [6.07, 6.45) is 9.42. The Bertz CT molecular complexity index is 677. The molecular weight excluding hydrogens is 306 g/mol. The van der Waals surface area contributed by atoms with Crippen molar-refractivity contribution in [1.29, 1.82) is 0 Å². The highest BCUT2D eigenvalue weighted by Gasteiger charge is 2.15. The standard InChI is InChI=1S/C17H25N5O2/c1-24-17-12-10-15-20-19-14(22(15)21-17)9-11-16(23)18-13-7-5-3-2-4-6-8-13/h10,12-13H,2-9,11H2,1H3,(H,18,23). The van der Waals surface area contributed by atoms with E-state index in [1.165, 1.54) is 32.1 Å². The van der Waals surface area contributed by atoms with Crippen LogP contribution in [0.1, 0.15) is 57.2 Å². The van der Waals surface area contributed by atoms with E-state index in [1.54, 1.807) is 23.8 Å². The molecule has 7 nitrogen and oxygen atoms in total. The third-order valence-corrected chi connectivity index (χ3v) is 4.56. The summed E-state index contributed by atoms with van der Waals surface area (Å²) in [6, 6.07) is 3.87. The molecule has 7 heteroatoms. The number of nitrogens with one attached hydrogen (secondary N) is 1. The van der Waals surface area contributed by atoms with Gasteiger partial charge in [-0.1, -0.05) is 32.1 Å². The largest absolute Gasteiger partial charge is 0.480 e. The predicted octanol–water partition coefficient (Wildman–Crippen LogP) is 2.29. The molecule has 1 N–H and O–H groups in total. The highest BCUT2D eigenvalue weighted by molar-refractivity contribution is 5.76. The van der Waals surface area contributed by atoms with Crippen molar-refractivity contribution in [3.63, 3.8) is 0 Å². The third kappa shape index (κ3) is 4.21. The third-order valence-electron chi connectivity index (χ3n) is 4.56. The Hall–Kier alpha value is -2.18. The van der Waals surface area contributed by atoms with E-state index in [9.17, 15) is 4.79 Å². The molecule has 0 radical (unpaired) electrons. The van der Waals surface area contributed by atoms with Crippen molar-refractivity contribution in [2.24, 2.45) is 0 Å². The lowest BCUT2D eigenvalue weighted by Gasteiger charge is -2.20. The van der Waals surface area contributed by atoms with E-state index in [4.69, 9.17) is 4.74 Å². The molecule has 0 aliphatic heterocycles. The molecule has 0 aromatic carbocycles. The van der Waals surface area contributed by atoms with Gasteiger partial charge in [-0.15, -0.1) is 15.3 Å². The molecule has 1 amide bonds. The summed E-state index contributed by atoms with van der Waals surface area (Å²) in [6.45, 7) is 0. The number of fused-ring (bicyclic) bond motifs is 1. The van der Waals surface area contributed by atoms with E-state index in [0.717, 1.165) is 12.8 Å². The maximum Gasteiger partial charge on any atom is 0.231 e. The lowest BCUT2D eigenvalue weighted by molar-refractivity contribution is -0.121. The normalized spacial score (nSPS) is 16.5. The monoisotopic (exact) mass is 331 g/mol. The van der Waals surface area contributed by atoms with E-state index in [1.807, 2.05) is 0 Å². The zero-order valence-corrected chi connectivity index (χ0v) is 14.2. The van der Waals surface area contributed by atoms with Crippen molar-refractivity contribution >= 4 is 11.6 Å². The molecule has 130 valence electrons. The molecule has 0 atom stereocenters. The smallest absolute Gasteiger partial charge is 0.231 e. The van der Waals surface area contributed by atoms with Gasteiger partial charge in [0.15, 0.2) is 11.5 Å². The summed E-state index contributed by atoms with van der Waals surface area (Å²) >= 11 is 0. The molecule has 24 heavy (non-hydrogen) atoms. The number of carbonyl (C=O) groups excluding carboxylic acids is 1. The van der Waals surface area contributed by atoms with Gasteiger partial charge < -0.3 is 10.1 Å². The van der Waals surface area contributed by atoms with Crippen LogP contribution >= 0.6 is 0 Å². The van der Waals surface area contributed by atoms with Crippen molar-refractivity contribution in [2.45, 2.75) is 63.8 Å². The maximum absolute atomic E-state index is 12.3. The molecule has 0 unspecified atom stereocenters. The fourth-order valence-electron chi connectivity index (χ4n) is 3.21. The van der Waals surface area contributed by atoms with Gasteiger partial charge in [-0.05, 0) is 18.9 Å². The second-order valence-corrected chi connectivity index (χ2v) is 6.37. The van der Waals surface area contributed by atoms with Crippen LogP contribution in [0.25, 0.3) is 5.65 Å². The van der Waals surface area contributed by atoms with Gasteiger partial charge in [0.25, 0.3) is 0 Å². The first-order valence-corrected chi connectivity index (χ1v) is 8.81. The number of methoxy groups -OCH3 is 1. The Morgan fingerprint density at radius 1 is 1.21 bits per heavy atom. The fraction of sp³-hybridized carbons (Fsp3) is 0.647. The number of carbonyl (C=O) groups is 1. The van der Waals surface area contributed by atoms with E-state index >= 15 is 0 Å². The molecule has 1 aliphatic rings. The molecule has 2 heterocycles. The number of amides is 1. The molecule has 3 rings (SSSR count). The maximum atomic E-state index is 12.3. The van der Waals surface area contributed by atoms with Crippen molar-refractivity contribution in [2.75, 3.05) is 7.11 Å². The number of aryl methyl sites for hydroxylation is 1. The van der Waals surface area contributed by atoms with Crippen molar-refractivity contribution in [3.05, 3.63) is 18.0 Å². The fourth-order valence-corrected chi connectivity index (χ4v) is 3.21. The van der Waals surface area contributed by atoms with E-state index in [0.29, 0.717) is 36.2 Å². The SMILES string of the molecule is COc1ccc2nnc(CCC(=O)NC3CCCCCCC3)n2n1. The summed E-state index contributed by atoms with van der Waals surface area (Å²) in [4.78, 5) is 12.3. The van der Waals surface area contributed by atoms with Gasteiger partial charge in [-0.3, -0.25) is 4.79 Å². The zero-order chi connectivity index (χ0) is 16.8. The van der Waals surface area contributed by atoms with E-state index in [-0.39, 0.29) is 5.91 Å². The highest BCUT2D eigenvalue weighted by atomic mass is 16.5. The number of aromatic nitrogens is 4. The second-order valence-electron chi connectivity index (χ2n) is 6.37. The van der Waals surface area contributed by atoms with Crippen LogP contribution in [-0.2, 0) is 11.2 Å². The van der Waals surface area contributed by atoms with Gasteiger partial charge in [0.1, 0.15) is 0 Å². The molecule has 1 aliphatic carbocycles. The minimum Gasteiger partial charge on any atom is -0.480 e. The lowest BCUT2D eigenvalue weighted by atomic mass is 9.96. The highest BCUT2D eigenvalue weighted by Crippen LogP contribution is 2.17. The van der Waals surface area contributed by atoms with Crippen LogP contribution in [0.4, 0.5) is 0 Å². The van der Waals surface area contributed by atoms with Crippen LogP contribution in [0, 0.1) is 0 Å². The number of ether oxygens (including phenoxy) is 1. The van der Waals surface area contributed by atoms with Gasteiger partial charge >= 0.3 is 0 Å². The van der Waals surface area contributed by atoms with Gasteiger partial charge in [-0.25, -0.2) is 0 Å². The molecular formula is C17H25N5O2. The Morgan fingerprint density at radius 3 is 2.71 bits per heavy atom. The molecule has 0 bridgehead atoms. The Balaban J connectivity index is 1.55. The summed E-state index contributed by atoms with van der Waals surface area (Å²) in [5, 5.41) is 15.7. The lowest BCUT2D eigenvalue weighted by Crippen LogP contribution is -2.35.